The molecule has 1 saturated carbocycles. The lowest BCUT2D eigenvalue weighted by molar-refractivity contribution is -0.131. The summed E-state index contributed by atoms with van der Waals surface area (Å²) < 4.78 is 0. The predicted octanol–water partition coefficient (Wildman–Crippen LogP) is 1.39. The summed E-state index contributed by atoms with van der Waals surface area (Å²) in [6, 6.07) is 3.67. The van der Waals surface area contributed by atoms with Crippen molar-refractivity contribution in [1.29, 1.82) is 0 Å². The highest BCUT2D eigenvalue weighted by atomic mass is 16.2. The minimum absolute atomic E-state index is 0.0718. The van der Waals surface area contributed by atoms with Crippen LogP contribution in [0.25, 0.3) is 0 Å². The quantitative estimate of drug-likeness (QED) is 0.803. The molecule has 3 N–H and O–H groups in total. The monoisotopic (exact) mass is 262 g/mol. The number of nitrogens with one attached hydrogen (secondary N) is 1. The molecular weight excluding hydrogens is 240 g/mol. The molecule has 0 radical (unpaired) electrons. The van der Waals surface area contributed by atoms with Crippen molar-refractivity contribution in [3.05, 3.63) is 24.0 Å². The number of amides is 1. The standard InChI is InChI=1S/C14H22N4O/c15-11-14(7-3-1-2-4-8-14)13(19)16-10-12-6-5-9-17-18-12/h5-6,9H,1-4,7-8,10-11,15H2,(H,16,19). The molecule has 0 bridgehead atoms. The van der Waals surface area contributed by atoms with Gasteiger partial charge < -0.3 is 11.1 Å². The van der Waals surface area contributed by atoms with Gasteiger partial charge in [-0.1, -0.05) is 25.7 Å². The normalized spacial score (nSPS) is 18.6. The van der Waals surface area contributed by atoms with Gasteiger partial charge >= 0.3 is 0 Å². The predicted molar refractivity (Wildman–Crippen MR) is 73.1 cm³/mol. The first kappa shape index (κ1) is 13.9. The molecular formula is C14H22N4O. The Kier molecular flexibility index (Phi) is 4.85. The van der Waals surface area contributed by atoms with Crippen LogP contribution < -0.4 is 11.1 Å². The molecule has 0 spiro atoms. The van der Waals surface area contributed by atoms with Gasteiger partial charge in [0.05, 0.1) is 17.7 Å². The van der Waals surface area contributed by atoms with Crippen molar-refractivity contribution in [1.82, 2.24) is 15.5 Å². The van der Waals surface area contributed by atoms with Gasteiger partial charge in [0.15, 0.2) is 0 Å². The fourth-order valence-electron chi connectivity index (χ4n) is 2.72. The van der Waals surface area contributed by atoms with Crippen LogP contribution in [-0.4, -0.2) is 22.6 Å². The molecule has 1 aliphatic carbocycles. The first-order chi connectivity index (χ1) is 9.27. The van der Waals surface area contributed by atoms with Crippen LogP contribution in [0.5, 0.6) is 0 Å². The fourth-order valence-corrected chi connectivity index (χ4v) is 2.72. The zero-order valence-electron chi connectivity index (χ0n) is 11.3. The summed E-state index contributed by atoms with van der Waals surface area (Å²) in [7, 11) is 0. The number of carbonyl (C=O) groups is 1. The van der Waals surface area contributed by atoms with Gasteiger partial charge in [0, 0.05) is 12.7 Å². The summed E-state index contributed by atoms with van der Waals surface area (Å²) in [4.78, 5) is 12.4. The second kappa shape index (κ2) is 6.61. The molecule has 2 rings (SSSR count). The maximum atomic E-state index is 12.4. The van der Waals surface area contributed by atoms with Crippen LogP contribution in [0.3, 0.4) is 0 Å². The highest BCUT2D eigenvalue weighted by Crippen LogP contribution is 2.34. The number of hydrogen-bond donors (Lipinski definition) is 2. The third kappa shape index (κ3) is 3.50. The van der Waals surface area contributed by atoms with Crippen LogP contribution in [0.2, 0.25) is 0 Å². The number of rotatable bonds is 4. The second-order valence-electron chi connectivity index (χ2n) is 5.30. The van der Waals surface area contributed by atoms with Gasteiger partial charge in [-0.15, -0.1) is 0 Å². The van der Waals surface area contributed by atoms with Gasteiger partial charge in [0.2, 0.25) is 5.91 Å². The van der Waals surface area contributed by atoms with E-state index in [1.165, 1.54) is 12.8 Å². The Balaban J connectivity index is 1.96. The van der Waals surface area contributed by atoms with Crippen LogP contribution >= 0.6 is 0 Å². The Morgan fingerprint density at radius 3 is 2.63 bits per heavy atom. The molecule has 0 aliphatic heterocycles. The zero-order chi connectivity index (χ0) is 13.6. The lowest BCUT2D eigenvalue weighted by atomic mass is 9.79. The van der Waals surface area contributed by atoms with Crippen molar-refractivity contribution in [2.45, 2.75) is 45.1 Å². The van der Waals surface area contributed by atoms with Crippen molar-refractivity contribution < 1.29 is 4.79 Å². The summed E-state index contributed by atoms with van der Waals surface area (Å²) in [5.74, 6) is 0.0718. The van der Waals surface area contributed by atoms with Crippen LogP contribution in [0.4, 0.5) is 0 Å². The third-order valence-electron chi connectivity index (χ3n) is 3.99. The Bertz CT molecular complexity index is 399. The molecule has 0 saturated heterocycles. The Morgan fingerprint density at radius 2 is 2.05 bits per heavy atom. The van der Waals surface area contributed by atoms with E-state index in [0.717, 1.165) is 31.4 Å². The Hall–Kier alpha value is -1.49. The first-order valence-electron chi connectivity index (χ1n) is 7.02. The van der Waals surface area contributed by atoms with Crippen LogP contribution in [0.15, 0.2) is 18.3 Å². The summed E-state index contributed by atoms with van der Waals surface area (Å²) in [6.07, 6.45) is 8.02. The molecule has 1 fully saturated rings. The van der Waals surface area contributed by atoms with Gasteiger partial charge in [0.25, 0.3) is 0 Å². The number of aromatic nitrogens is 2. The SMILES string of the molecule is NCC1(C(=O)NCc2cccnn2)CCCCCC1. The van der Waals surface area contributed by atoms with E-state index in [1.807, 2.05) is 12.1 Å². The Labute approximate surface area is 114 Å². The average Bonchev–Trinajstić information content (AvgIpc) is 2.72. The third-order valence-corrected chi connectivity index (χ3v) is 3.99. The molecule has 1 heterocycles. The lowest BCUT2D eigenvalue weighted by Gasteiger charge is -2.29. The molecule has 1 aliphatic rings. The first-order valence-corrected chi connectivity index (χ1v) is 7.02. The minimum atomic E-state index is -0.376. The molecule has 1 aromatic rings. The smallest absolute Gasteiger partial charge is 0.227 e. The van der Waals surface area contributed by atoms with Crippen molar-refractivity contribution in [2.75, 3.05) is 6.54 Å². The van der Waals surface area contributed by atoms with Crippen molar-refractivity contribution in [2.24, 2.45) is 11.1 Å². The van der Waals surface area contributed by atoms with E-state index in [-0.39, 0.29) is 11.3 Å². The Morgan fingerprint density at radius 1 is 1.32 bits per heavy atom. The number of nitrogens with two attached hydrogens (primary N) is 1. The lowest BCUT2D eigenvalue weighted by Crippen LogP contribution is -2.45. The van der Waals surface area contributed by atoms with E-state index in [4.69, 9.17) is 5.73 Å². The maximum absolute atomic E-state index is 12.4. The molecule has 104 valence electrons. The van der Waals surface area contributed by atoms with Crippen LogP contribution in [0, 0.1) is 5.41 Å². The van der Waals surface area contributed by atoms with Crippen molar-refractivity contribution in [3.63, 3.8) is 0 Å². The molecule has 5 heteroatoms. The van der Waals surface area contributed by atoms with E-state index < -0.39 is 0 Å². The maximum Gasteiger partial charge on any atom is 0.227 e. The van der Waals surface area contributed by atoms with E-state index in [0.29, 0.717) is 13.1 Å². The van der Waals surface area contributed by atoms with Crippen molar-refractivity contribution in [3.8, 4) is 0 Å². The summed E-state index contributed by atoms with van der Waals surface area (Å²) >= 11 is 0. The summed E-state index contributed by atoms with van der Waals surface area (Å²) in [5.41, 5.74) is 6.29. The van der Waals surface area contributed by atoms with E-state index in [1.54, 1.807) is 6.20 Å². The fraction of sp³-hybridized carbons (Fsp3) is 0.643. The molecule has 0 aromatic carbocycles. The van der Waals surface area contributed by atoms with Gasteiger partial charge in [-0.2, -0.15) is 10.2 Å². The van der Waals surface area contributed by atoms with Crippen molar-refractivity contribution >= 4 is 5.91 Å². The van der Waals surface area contributed by atoms with Gasteiger partial charge in [0.1, 0.15) is 0 Å². The number of hydrogen-bond acceptors (Lipinski definition) is 4. The summed E-state index contributed by atoms with van der Waals surface area (Å²) in [6.45, 7) is 0.855. The molecule has 5 nitrogen and oxygen atoms in total. The van der Waals surface area contributed by atoms with Gasteiger partial charge in [-0.25, -0.2) is 0 Å². The number of nitrogens with zero attached hydrogens (tertiary/aromatic N) is 2. The highest BCUT2D eigenvalue weighted by molar-refractivity contribution is 5.82. The van der Waals surface area contributed by atoms with Crippen LogP contribution in [0.1, 0.15) is 44.2 Å². The summed E-state index contributed by atoms with van der Waals surface area (Å²) in [5, 5.41) is 10.7. The molecule has 1 amide bonds. The molecule has 19 heavy (non-hydrogen) atoms. The van der Waals surface area contributed by atoms with Gasteiger partial charge in [-0.3, -0.25) is 4.79 Å². The van der Waals surface area contributed by atoms with E-state index in [2.05, 4.69) is 15.5 Å². The van der Waals surface area contributed by atoms with Gasteiger partial charge in [-0.05, 0) is 25.0 Å². The number of carbonyl (C=O) groups excluding carboxylic acids is 1. The van der Waals surface area contributed by atoms with E-state index >= 15 is 0 Å². The average molecular weight is 262 g/mol. The largest absolute Gasteiger partial charge is 0.350 e. The second-order valence-corrected chi connectivity index (χ2v) is 5.30. The zero-order valence-corrected chi connectivity index (χ0v) is 11.3. The molecule has 0 atom stereocenters. The highest BCUT2D eigenvalue weighted by Gasteiger charge is 2.36. The van der Waals surface area contributed by atoms with Crippen LogP contribution in [-0.2, 0) is 11.3 Å². The topological polar surface area (TPSA) is 80.9 Å². The van der Waals surface area contributed by atoms with E-state index in [9.17, 15) is 4.79 Å². The molecule has 0 unspecified atom stereocenters. The minimum Gasteiger partial charge on any atom is -0.350 e. The molecule has 1 aromatic heterocycles.